The second kappa shape index (κ2) is 9.91. The van der Waals surface area contributed by atoms with Crippen LogP contribution in [0.25, 0.3) is 50.5 Å². The lowest BCUT2D eigenvalue weighted by Crippen LogP contribution is -2.06. The van der Waals surface area contributed by atoms with Crippen LogP contribution in [0.2, 0.25) is 0 Å². The molecular formula is C30H27N7O. The Hall–Kier alpha value is -4.82. The number of aliphatic hydroxyl groups is 1. The molecule has 0 fully saturated rings. The zero-order valence-corrected chi connectivity index (χ0v) is 21.2. The number of aliphatic hydroxyl groups excluding tert-OH is 1. The molecule has 0 aliphatic carbocycles. The van der Waals surface area contributed by atoms with Crippen molar-refractivity contribution in [2.24, 2.45) is 7.05 Å². The Bertz CT molecular complexity index is 1770. The standard InChI is InChI=1S/C30H27N7O/c1-20(18-38)15-31-16-21-8-10-23(11-9-21)28-24(22-6-4-3-5-7-22)14-25-26(33-28)12-13-37-29(25)34-35-30(37)27-17-36(2)19-32-27/h3-15,17,19,31,38H,16,18H2,1-2H3/b20-15+. The number of nitrogens with zero attached hydrogens (tertiary/aromatic N) is 6. The predicted octanol–water partition coefficient (Wildman–Crippen LogP) is 5.00. The van der Waals surface area contributed by atoms with Gasteiger partial charge in [-0.15, -0.1) is 10.2 Å². The van der Waals surface area contributed by atoms with Crippen molar-refractivity contribution < 1.29 is 5.11 Å². The molecule has 0 radical (unpaired) electrons. The number of rotatable bonds is 7. The highest BCUT2D eigenvalue weighted by atomic mass is 16.3. The molecule has 0 amide bonds. The fraction of sp³-hybridized carbons (Fsp3) is 0.133. The molecule has 8 heteroatoms. The minimum Gasteiger partial charge on any atom is -0.392 e. The summed E-state index contributed by atoms with van der Waals surface area (Å²) in [4.78, 5) is 9.58. The summed E-state index contributed by atoms with van der Waals surface area (Å²) in [6.45, 7) is 2.62. The Balaban J connectivity index is 1.45. The van der Waals surface area contributed by atoms with E-state index in [1.54, 1.807) is 6.33 Å². The lowest BCUT2D eigenvalue weighted by molar-refractivity contribution is 0.330. The number of aryl methyl sites for hydroxylation is 1. The van der Waals surface area contributed by atoms with Gasteiger partial charge >= 0.3 is 0 Å². The molecule has 38 heavy (non-hydrogen) atoms. The third-order valence-corrected chi connectivity index (χ3v) is 6.52. The third kappa shape index (κ3) is 4.42. The zero-order chi connectivity index (χ0) is 26.1. The summed E-state index contributed by atoms with van der Waals surface area (Å²) >= 11 is 0. The van der Waals surface area contributed by atoms with Gasteiger partial charge < -0.3 is 15.0 Å². The maximum atomic E-state index is 9.17. The average Bonchev–Trinajstić information content (AvgIpc) is 3.59. The molecule has 0 aliphatic rings. The number of imidazole rings is 1. The van der Waals surface area contributed by atoms with Gasteiger partial charge in [0.05, 0.1) is 24.1 Å². The highest BCUT2D eigenvalue weighted by molar-refractivity contribution is 5.98. The molecule has 188 valence electrons. The van der Waals surface area contributed by atoms with Gasteiger partial charge in [0.25, 0.3) is 0 Å². The van der Waals surface area contributed by atoms with Crippen LogP contribution >= 0.6 is 0 Å². The lowest BCUT2D eigenvalue weighted by atomic mass is 9.97. The molecule has 0 aliphatic heterocycles. The van der Waals surface area contributed by atoms with E-state index in [2.05, 4.69) is 63.0 Å². The molecule has 2 N–H and O–H groups in total. The fourth-order valence-electron chi connectivity index (χ4n) is 4.53. The van der Waals surface area contributed by atoms with Crippen molar-refractivity contribution in [1.29, 1.82) is 0 Å². The summed E-state index contributed by atoms with van der Waals surface area (Å²) < 4.78 is 3.86. The van der Waals surface area contributed by atoms with E-state index >= 15 is 0 Å². The molecule has 0 atom stereocenters. The lowest BCUT2D eigenvalue weighted by Gasteiger charge is -2.13. The highest BCUT2D eigenvalue weighted by Gasteiger charge is 2.17. The van der Waals surface area contributed by atoms with E-state index in [-0.39, 0.29) is 6.61 Å². The number of aromatic nitrogens is 6. The molecule has 0 bridgehead atoms. The van der Waals surface area contributed by atoms with Gasteiger partial charge in [-0.05, 0) is 42.0 Å². The van der Waals surface area contributed by atoms with Crippen molar-refractivity contribution in [1.82, 2.24) is 34.4 Å². The van der Waals surface area contributed by atoms with Crippen LogP contribution in [-0.2, 0) is 13.6 Å². The third-order valence-electron chi connectivity index (χ3n) is 6.52. The van der Waals surface area contributed by atoms with Gasteiger partial charge in [-0.3, -0.25) is 4.40 Å². The van der Waals surface area contributed by atoms with Crippen LogP contribution in [0.1, 0.15) is 12.5 Å². The van der Waals surface area contributed by atoms with Crippen molar-refractivity contribution in [2.45, 2.75) is 13.5 Å². The monoisotopic (exact) mass is 501 g/mol. The molecule has 0 saturated carbocycles. The van der Waals surface area contributed by atoms with Crippen molar-refractivity contribution in [3.63, 3.8) is 0 Å². The maximum absolute atomic E-state index is 9.17. The first-order valence-corrected chi connectivity index (χ1v) is 12.4. The minimum absolute atomic E-state index is 0.0490. The summed E-state index contributed by atoms with van der Waals surface area (Å²) in [6, 6.07) is 22.9. The number of hydrogen-bond donors (Lipinski definition) is 2. The molecule has 0 unspecified atom stereocenters. The molecule has 8 nitrogen and oxygen atoms in total. The largest absolute Gasteiger partial charge is 0.392 e. The first-order valence-electron chi connectivity index (χ1n) is 12.4. The minimum atomic E-state index is 0.0490. The van der Waals surface area contributed by atoms with Gasteiger partial charge in [0.2, 0.25) is 0 Å². The molecule has 0 spiro atoms. The SMILES string of the molecule is C/C(=C\NCc1ccc(-c2nc3ccn4c(-c5cn(C)cn5)nnc4c3cc2-c2ccccc2)cc1)CO. The Kier molecular flexibility index (Phi) is 6.15. The molecule has 6 rings (SSSR count). The van der Waals surface area contributed by atoms with Crippen molar-refractivity contribution >= 4 is 16.6 Å². The number of benzene rings is 2. The fourth-order valence-corrected chi connectivity index (χ4v) is 4.53. The number of nitrogens with one attached hydrogen (secondary N) is 1. The summed E-state index contributed by atoms with van der Waals surface area (Å²) in [5, 5.41) is 22.3. The summed E-state index contributed by atoms with van der Waals surface area (Å²) in [6.07, 6.45) is 7.49. The number of pyridine rings is 2. The van der Waals surface area contributed by atoms with Crippen molar-refractivity contribution in [2.75, 3.05) is 6.61 Å². The van der Waals surface area contributed by atoms with Crippen LogP contribution < -0.4 is 5.32 Å². The summed E-state index contributed by atoms with van der Waals surface area (Å²) in [5.74, 6) is 0.695. The van der Waals surface area contributed by atoms with E-state index in [0.29, 0.717) is 12.4 Å². The molecule has 2 aromatic carbocycles. The van der Waals surface area contributed by atoms with Crippen LogP contribution in [0.3, 0.4) is 0 Å². The maximum Gasteiger partial charge on any atom is 0.188 e. The van der Waals surface area contributed by atoms with E-state index in [9.17, 15) is 5.11 Å². The molecule has 4 heterocycles. The van der Waals surface area contributed by atoms with Gasteiger partial charge in [0.1, 0.15) is 5.69 Å². The molecular weight excluding hydrogens is 474 g/mol. The van der Waals surface area contributed by atoms with Crippen LogP contribution in [0.15, 0.2) is 97.2 Å². The average molecular weight is 502 g/mol. The smallest absolute Gasteiger partial charge is 0.188 e. The Morgan fingerprint density at radius 1 is 1.00 bits per heavy atom. The second-order valence-corrected chi connectivity index (χ2v) is 9.37. The second-order valence-electron chi connectivity index (χ2n) is 9.37. The van der Waals surface area contributed by atoms with E-state index in [4.69, 9.17) is 4.98 Å². The van der Waals surface area contributed by atoms with Crippen LogP contribution in [0.5, 0.6) is 0 Å². The van der Waals surface area contributed by atoms with Gasteiger partial charge in [0, 0.05) is 42.5 Å². The topological polar surface area (TPSA) is 93.2 Å². The summed E-state index contributed by atoms with van der Waals surface area (Å²) in [5.41, 5.74) is 8.45. The normalized spacial score (nSPS) is 11.9. The first-order chi connectivity index (χ1) is 18.6. The zero-order valence-electron chi connectivity index (χ0n) is 21.2. The first kappa shape index (κ1) is 23.6. The number of fused-ring (bicyclic) bond motifs is 3. The van der Waals surface area contributed by atoms with Gasteiger partial charge in [-0.25, -0.2) is 9.97 Å². The highest BCUT2D eigenvalue weighted by Crippen LogP contribution is 2.35. The predicted molar refractivity (Wildman–Crippen MR) is 149 cm³/mol. The van der Waals surface area contributed by atoms with E-state index in [1.165, 1.54) is 0 Å². The van der Waals surface area contributed by atoms with Gasteiger partial charge in [-0.2, -0.15) is 0 Å². The van der Waals surface area contributed by atoms with Gasteiger partial charge in [0.15, 0.2) is 11.5 Å². The van der Waals surface area contributed by atoms with Crippen LogP contribution in [-0.4, -0.2) is 40.8 Å². The number of hydrogen-bond acceptors (Lipinski definition) is 6. The summed E-state index contributed by atoms with van der Waals surface area (Å²) in [7, 11) is 1.94. The van der Waals surface area contributed by atoms with Crippen LogP contribution in [0.4, 0.5) is 0 Å². The Morgan fingerprint density at radius 3 is 2.55 bits per heavy atom. The molecule has 6 aromatic rings. The van der Waals surface area contributed by atoms with E-state index < -0.39 is 0 Å². The van der Waals surface area contributed by atoms with Crippen LogP contribution in [0, 0.1) is 0 Å². The molecule has 4 aromatic heterocycles. The van der Waals surface area contributed by atoms with E-state index in [1.807, 2.05) is 65.8 Å². The Labute approximate surface area is 220 Å². The van der Waals surface area contributed by atoms with Crippen molar-refractivity contribution in [3.05, 3.63) is 103 Å². The molecule has 0 saturated heterocycles. The van der Waals surface area contributed by atoms with E-state index in [0.717, 1.165) is 55.8 Å². The quantitative estimate of drug-likeness (QED) is 0.320. The van der Waals surface area contributed by atoms with Gasteiger partial charge in [-0.1, -0.05) is 54.6 Å². The Morgan fingerprint density at radius 2 is 1.82 bits per heavy atom. The van der Waals surface area contributed by atoms with Crippen molar-refractivity contribution in [3.8, 4) is 33.9 Å².